The Morgan fingerprint density at radius 3 is 2.56 bits per heavy atom. The Morgan fingerprint density at radius 1 is 1.07 bits per heavy atom. The molecule has 0 spiro atoms. The van der Waals surface area contributed by atoms with Gasteiger partial charge in [0.25, 0.3) is 0 Å². The van der Waals surface area contributed by atoms with E-state index in [0.29, 0.717) is 22.8 Å². The minimum Gasteiger partial charge on any atom is -0.478 e. The molecule has 3 N–H and O–H groups in total. The third kappa shape index (κ3) is 4.74. The monoisotopic (exact) mass is 383 g/mol. The first-order valence-electron chi connectivity index (χ1n) is 7.81. The van der Waals surface area contributed by atoms with Crippen molar-refractivity contribution in [2.75, 3.05) is 5.32 Å². The second-order valence-corrected chi connectivity index (χ2v) is 5.80. The van der Waals surface area contributed by atoms with E-state index >= 15 is 0 Å². The summed E-state index contributed by atoms with van der Waals surface area (Å²) in [6, 6.07) is 16.3. The van der Waals surface area contributed by atoms with E-state index in [9.17, 15) is 9.59 Å². The van der Waals surface area contributed by atoms with Gasteiger partial charge in [0.15, 0.2) is 0 Å². The third-order valence-electron chi connectivity index (χ3n) is 3.50. The highest BCUT2D eigenvalue weighted by Crippen LogP contribution is 2.27. The van der Waals surface area contributed by atoms with Crippen LogP contribution in [0.15, 0.2) is 70.2 Å². The van der Waals surface area contributed by atoms with Crippen molar-refractivity contribution in [2.45, 2.75) is 0 Å². The molecule has 2 amide bonds. The number of hydrogen-bond acceptors (Lipinski definition) is 4. The SMILES string of the molecule is O=C(N/N=C\c1ccc(-c2ccc(C(=O)O)c(Cl)c2)o1)Nc1ccccc1. The number of aromatic carboxylic acids is 1. The Bertz CT molecular complexity index is 999. The first-order chi connectivity index (χ1) is 13.0. The Labute approximate surface area is 159 Å². The van der Waals surface area contributed by atoms with Crippen LogP contribution >= 0.6 is 11.6 Å². The Kier molecular flexibility index (Phi) is 5.53. The number of carbonyl (C=O) groups is 2. The number of halogens is 1. The molecule has 1 heterocycles. The van der Waals surface area contributed by atoms with E-state index in [4.69, 9.17) is 21.1 Å². The molecule has 0 fully saturated rings. The summed E-state index contributed by atoms with van der Waals surface area (Å²) in [5.74, 6) is -0.203. The molecule has 8 heteroatoms. The number of carboxylic acid groups (broad SMARTS) is 1. The van der Waals surface area contributed by atoms with Crippen LogP contribution in [0.2, 0.25) is 5.02 Å². The number of carboxylic acids is 1. The van der Waals surface area contributed by atoms with E-state index in [-0.39, 0.29) is 10.6 Å². The van der Waals surface area contributed by atoms with Crippen molar-refractivity contribution in [1.82, 2.24) is 5.43 Å². The molecule has 136 valence electrons. The summed E-state index contributed by atoms with van der Waals surface area (Å²) < 4.78 is 5.60. The van der Waals surface area contributed by atoms with Crippen LogP contribution < -0.4 is 10.7 Å². The zero-order valence-electron chi connectivity index (χ0n) is 13.8. The fourth-order valence-corrected chi connectivity index (χ4v) is 2.52. The fraction of sp³-hybridized carbons (Fsp3) is 0. The van der Waals surface area contributed by atoms with Crippen LogP contribution in [-0.4, -0.2) is 23.3 Å². The zero-order valence-corrected chi connectivity index (χ0v) is 14.6. The molecule has 0 aliphatic carbocycles. The molecule has 7 nitrogen and oxygen atoms in total. The van der Waals surface area contributed by atoms with Crippen molar-refractivity contribution in [1.29, 1.82) is 0 Å². The van der Waals surface area contributed by atoms with Gasteiger partial charge >= 0.3 is 12.0 Å². The molecule has 0 unspecified atom stereocenters. The molecule has 1 aromatic heterocycles. The molecule has 0 aliphatic rings. The van der Waals surface area contributed by atoms with Gasteiger partial charge in [-0.15, -0.1) is 0 Å². The number of carbonyl (C=O) groups excluding carboxylic acids is 1. The van der Waals surface area contributed by atoms with Gasteiger partial charge in [-0.25, -0.2) is 15.0 Å². The van der Waals surface area contributed by atoms with Crippen LogP contribution in [0.25, 0.3) is 11.3 Å². The van der Waals surface area contributed by atoms with Gasteiger partial charge < -0.3 is 14.8 Å². The maximum atomic E-state index is 11.7. The van der Waals surface area contributed by atoms with E-state index < -0.39 is 12.0 Å². The molecule has 27 heavy (non-hydrogen) atoms. The fourth-order valence-electron chi connectivity index (χ4n) is 2.25. The van der Waals surface area contributed by atoms with Gasteiger partial charge in [-0.05, 0) is 36.4 Å². The number of anilines is 1. The van der Waals surface area contributed by atoms with Gasteiger partial charge in [-0.1, -0.05) is 35.9 Å². The summed E-state index contributed by atoms with van der Waals surface area (Å²) >= 11 is 5.96. The Morgan fingerprint density at radius 2 is 1.85 bits per heavy atom. The predicted molar refractivity (Wildman–Crippen MR) is 102 cm³/mol. The number of para-hydroxylation sites is 1. The largest absolute Gasteiger partial charge is 0.478 e. The molecule has 0 saturated heterocycles. The predicted octanol–water partition coefficient (Wildman–Crippen LogP) is 4.45. The lowest BCUT2D eigenvalue weighted by Crippen LogP contribution is -2.24. The second kappa shape index (κ2) is 8.20. The molecule has 0 radical (unpaired) electrons. The topological polar surface area (TPSA) is 104 Å². The summed E-state index contributed by atoms with van der Waals surface area (Å²) in [5.41, 5.74) is 3.62. The maximum absolute atomic E-state index is 11.7. The summed E-state index contributed by atoms with van der Waals surface area (Å²) in [5, 5.41) is 15.6. The van der Waals surface area contributed by atoms with Crippen molar-refractivity contribution in [2.24, 2.45) is 5.10 Å². The molecule has 0 atom stereocenters. The lowest BCUT2D eigenvalue weighted by atomic mass is 10.1. The van der Waals surface area contributed by atoms with Gasteiger partial charge in [0.1, 0.15) is 11.5 Å². The molecule has 0 saturated carbocycles. The highest BCUT2D eigenvalue weighted by Gasteiger charge is 2.11. The van der Waals surface area contributed by atoms with E-state index in [1.807, 2.05) is 6.07 Å². The summed E-state index contributed by atoms with van der Waals surface area (Å²) in [7, 11) is 0. The highest BCUT2D eigenvalue weighted by atomic mass is 35.5. The molecular formula is C19H14ClN3O4. The molecule has 0 aliphatic heterocycles. The maximum Gasteiger partial charge on any atom is 0.339 e. The lowest BCUT2D eigenvalue weighted by molar-refractivity contribution is 0.0697. The van der Waals surface area contributed by atoms with Crippen molar-refractivity contribution >= 4 is 35.5 Å². The first kappa shape index (κ1) is 18.2. The minimum absolute atomic E-state index is 0.0161. The molecular weight excluding hydrogens is 370 g/mol. The number of furan rings is 1. The van der Waals surface area contributed by atoms with Gasteiger partial charge in [-0.2, -0.15) is 5.10 Å². The summed E-state index contributed by atoms with van der Waals surface area (Å²) in [6.07, 6.45) is 1.35. The molecule has 3 rings (SSSR count). The number of benzene rings is 2. The van der Waals surface area contributed by atoms with Crippen molar-refractivity contribution in [3.05, 3.63) is 77.0 Å². The zero-order chi connectivity index (χ0) is 19.2. The van der Waals surface area contributed by atoms with Gasteiger partial charge in [0, 0.05) is 11.3 Å². The lowest BCUT2D eigenvalue weighted by Gasteiger charge is -2.02. The number of urea groups is 1. The normalized spacial score (nSPS) is 10.7. The molecule has 0 bridgehead atoms. The van der Waals surface area contributed by atoms with Crippen molar-refractivity contribution < 1.29 is 19.1 Å². The van der Waals surface area contributed by atoms with Gasteiger partial charge in [0.2, 0.25) is 0 Å². The molecule has 3 aromatic rings. The van der Waals surface area contributed by atoms with E-state index in [0.717, 1.165) is 0 Å². The number of nitrogens with one attached hydrogen (secondary N) is 2. The van der Waals surface area contributed by atoms with Crippen LogP contribution in [0.4, 0.5) is 10.5 Å². The highest BCUT2D eigenvalue weighted by molar-refractivity contribution is 6.33. The van der Waals surface area contributed by atoms with Crippen molar-refractivity contribution in [3.8, 4) is 11.3 Å². The number of rotatable bonds is 5. The van der Waals surface area contributed by atoms with Crippen LogP contribution in [-0.2, 0) is 0 Å². The quantitative estimate of drug-likeness (QED) is 0.447. The second-order valence-electron chi connectivity index (χ2n) is 5.39. The van der Waals surface area contributed by atoms with Gasteiger partial charge in [-0.3, -0.25) is 0 Å². The average Bonchev–Trinajstić information content (AvgIpc) is 3.11. The standard InChI is InChI=1S/C19H14ClN3O4/c20-16-10-12(6-8-15(16)18(24)25)17-9-7-14(27-17)11-21-23-19(26)22-13-4-2-1-3-5-13/h1-11H,(H,24,25)(H2,22,23,26)/b21-11-. The van der Waals surface area contributed by atoms with E-state index in [2.05, 4.69) is 15.8 Å². The summed E-state index contributed by atoms with van der Waals surface area (Å²) in [4.78, 5) is 22.7. The smallest absolute Gasteiger partial charge is 0.339 e. The van der Waals surface area contributed by atoms with Crippen molar-refractivity contribution in [3.63, 3.8) is 0 Å². The number of hydrazone groups is 1. The Hall–Kier alpha value is -3.58. The number of hydrogen-bond donors (Lipinski definition) is 3. The van der Waals surface area contributed by atoms with Crippen LogP contribution in [0.3, 0.4) is 0 Å². The van der Waals surface area contributed by atoms with Crippen LogP contribution in [0, 0.1) is 0 Å². The van der Waals surface area contributed by atoms with Crippen LogP contribution in [0.5, 0.6) is 0 Å². The summed E-state index contributed by atoms with van der Waals surface area (Å²) in [6.45, 7) is 0. The number of nitrogens with zero attached hydrogens (tertiary/aromatic N) is 1. The van der Waals surface area contributed by atoms with E-state index in [1.54, 1.807) is 42.5 Å². The van der Waals surface area contributed by atoms with E-state index in [1.165, 1.54) is 18.3 Å². The average molecular weight is 384 g/mol. The van der Waals surface area contributed by atoms with Gasteiger partial charge in [0.05, 0.1) is 16.8 Å². The first-order valence-corrected chi connectivity index (χ1v) is 8.19. The molecule has 2 aromatic carbocycles. The number of amides is 2. The van der Waals surface area contributed by atoms with Crippen LogP contribution in [0.1, 0.15) is 16.1 Å². The Balaban J connectivity index is 1.62. The minimum atomic E-state index is -1.10. The third-order valence-corrected chi connectivity index (χ3v) is 3.81.